The molecular weight excluding hydrogens is 431 g/mol. The normalized spacial score (nSPS) is 11.2. The molecule has 0 saturated carbocycles. The van der Waals surface area contributed by atoms with Crippen LogP contribution in [0.15, 0.2) is 33.5 Å². The summed E-state index contributed by atoms with van der Waals surface area (Å²) in [5.41, 5.74) is 1.32. The zero-order valence-electron chi connectivity index (χ0n) is 13.3. The molecule has 0 radical (unpaired) electrons. The van der Waals surface area contributed by atoms with Crippen molar-refractivity contribution in [3.8, 4) is 0 Å². The van der Waals surface area contributed by atoms with Crippen LogP contribution in [-0.4, -0.2) is 29.7 Å². The Hall–Kier alpha value is -1.76. The Kier molecular flexibility index (Phi) is 4.70. The molecule has 25 heavy (non-hydrogen) atoms. The Morgan fingerprint density at radius 3 is 2.48 bits per heavy atom. The first kappa shape index (κ1) is 18.0. The first-order valence-electron chi connectivity index (χ1n) is 7.25. The zero-order chi connectivity index (χ0) is 18.5. The molecule has 3 aromatic rings. The van der Waals surface area contributed by atoms with E-state index in [4.69, 9.17) is 23.2 Å². The third-order valence-electron chi connectivity index (χ3n) is 3.93. The Balaban J connectivity index is 2.67. The molecule has 130 valence electrons. The van der Waals surface area contributed by atoms with Crippen LogP contribution in [0.1, 0.15) is 0 Å². The Morgan fingerprint density at radius 1 is 1.20 bits per heavy atom. The van der Waals surface area contributed by atoms with Crippen molar-refractivity contribution in [1.82, 2.24) is 4.57 Å². The number of halogens is 3. The molecule has 0 fully saturated rings. The average Bonchev–Trinajstić information content (AvgIpc) is 2.52. The summed E-state index contributed by atoms with van der Waals surface area (Å²) in [6.07, 6.45) is 0. The minimum atomic E-state index is -1.03. The van der Waals surface area contributed by atoms with Crippen LogP contribution in [-0.2, 0) is 11.3 Å². The van der Waals surface area contributed by atoms with E-state index in [-0.39, 0.29) is 12.0 Å². The highest BCUT2D eigenvalue weighted by molar-refractivity contribution is 9.10. The van der Waals surface area contributed by atoms with Crippen molar-refractivity contribution in [2.75, 3.05) is 19.0 Å². The summed E-state index contributed by atoms with van der Waals surface area (Å²) in [4.78, 5) is 26.2. The highest BCUT2D eigenvalue weighted by Gasteiger charge is 2.19. The SMILES string of the molecule is CN(C)c1c(Cl)ccc2c(=O)c3cc(Cl)c(Br)cc3n(CC(=O)O)c12. The lowest BCUT2D eigenvalue weighted by atomic mass is 10.1. The second-order valence-corrected chi connectivity index (χ2v) is 7.45. The van der Waals surface area contributed by atoms with Gasteiger partial charge >= 0.3 is 5.97 Å². The predicted octanol–water partition coefficient (Wildman–Crippen LogP) is 4.37. The topological polar surface area (TPSA) is 62.5 Å². The maximum absolute atomic E-state index is 13.0. The van der Waals surface area contributed by atoms with E-state index in [1.165, 1.54) is 0 Å². The first-order chi connectivity index (χ1) is 11.7. The zero-order valence-corrected chi connectivity index (χ0v) is 16.4. The van der Waals surface area contributed by atoms with Crippen molar-refractivity contribution in [3.05, 3.63) is 49.0 Å². The molecule has 0 aliphatic heterocycles. The van der Waals surface area contributed by atoms with Gasteiger partial charge in [-0.15, -0.1) is 0 Å². The maximum Gasteiger partial charge on any atom is 0.323 e. The average molecular weight is 444 g/mol. The van der Waals surface area contributed by atoms with Gasteiger partial charge in [-0.2, -0.15) is 0 Å². The van der Waals surface area contributed by atoms with Crippen LogP contribution in [0.4, 0.5) is 5.69 Å². The number of nitrogens with zero attached hydrogens (tertiary/aromatic N) is 2. The molecule has 1 heterocycles. The predicted molar refractivity (Wildman–Crippen MR) is 105 cm³/mol. The summed E-state index contributed by atoms with van der Waals surface area (Å²) in [5.74, 6) is -1.03. The van der Waals surface area contributed by atoms with Crippen molar-refractivity contribution in [3.63, 3.8) is 0 Å². The van der Waals surface area contributed by atoms with Crippen molar-refractivity contribution >= 4 is 72.6 Å². The lowest BCUT2D eigenvalue weighted by molar-refractivity contribution is -0.137. The number of hydrogen-bond acceptors (Lipinski definition) is 3. The van der Waals surface area contributed by atoms with Crippen LogP contribution in [0.3, 0.4) is 0 Å². The van der Waals surface area contributed by atoms with E-state index in [0.717, 1.165) is 0 Å². The number of aliphatic carboxylic acids is 1. The molecule has 1 N–H and O–H groups in total. The van der Waals surface area contributed by atoms with Gasteiger partial charge in [-0.25, -0.2) is 0 Å². The number of carboxylic acids is 1. The smallest absolute Gasteiger partial charge is 0.323 e. The molecule has 5 nitrogen and oxygen atoms in total. The third kappa shape index (κ3) is 2.99. The monoisotopic (exact) mass is 442 g/mol. The van der Waals surface area contributed by atoms with Gasteiger partial charge in [-0.3, -0.25) is 9.59 Å². The maximum atomic E-state index is 13.0. The molecule has 8 heteroatoms. The van der Waals surface area contributed by atoms with Gasteiger partial charge < -0.3 is 14.6 Å². The fourth-order valence-electron chi connectivity index (χ4n) is 2.94. The quantitative estimate of drug-likeness (QED) is 0.610. The molecule has 0 unspecified atom stereocenters. The molecule has 1 aromatic heterocycles. The molecule has 0 bridgehead atoms. The molecule has 0 amide bonds. The van der Waals surface area contributed by atoms with Gasteiger partial charge in [0, 0.05) is 29.3 Å². The van der Waals surface area contributed by atoms with Crippen LogP contribution in [0, 0.1) is 0 Å². The standard InChI is InChI=1S/C17H13BrCl2N2O3/c1-21(2)16-11(19)4-3-8-15(16)22(7-14(23)24)13-6-10(18)12(20)5-9(13)17(8)25/h3-6H,7H2,1-2H3,(H,23,24). The molecule has 2 aromatic carbocycles. The fraction of sp³-hybridized carbons (Fsp3) is 0.176. The number of anilines is 1. The van der Waals surface area contributed by atoms with Crippen molar-refractivity contribution in [2.45, 2.75) is 6.54 Å². The second-order valence-electron chi connectivity index (χ2n) is 5.78. The van der Waals surface area contributed by atoms with Crippen LogP contribution < -0.4 is 10.3 Å². The van der Waals surface area contributed by atoms with Crippen molar-refractivity contribution in [1.29, 1.82) is 0 Å². The molecular formula is C17H13BrCl2N2O3. The molecule has 0 atom stereocenters. The Bertz CT molecular complexity index is 1090. The highest BCUT2D eigenvalue weighted by atomic mass is 79.9. The van der Waals surface area contributed by atoms with E-state index in [1.807, 2.05) is 0 Å². The van der Waals surface area contributed by atoms with E-state index in [2.05, 4.69) is 15.9 Å². The summed E-state index contributed by atoms with van der Waals surface area (Å²) in [5, 5.41) is 11.0. The number of rotatable bonds is 3. The van der Waals surface area contributed by atoms with Gasteiger partial charge in [-0.05, 0) is 40.2 Å². The van der Waals surface area contributed by atoms with Crippen molar-refractivity contribution < 1.29 is 9.90 Å². The van der Waals surface area contributed by atoms with Crippen LogP contribution in [0.2, 0.25) is 10.0 Å². The van der Waals surface area contributed by atoms with Gasteiger partial charge in [-0.1, -0.05) is 23.2 Å². The number of pyridine rings is 1. The van der Waals surface area contributed by atoms with E-state index in [0.29, 0.717) is 42.0 Å². The molecule has 0 spiro atoms. The Morgan fingerprint density at radius 2 is 1.88 bits per heavy atom. The van der Waals surface area contributed by atoms with Gasteiger partial charge in [0.05, 0.1) is 26.8 Å². The lowest BCUT2D eigenvalue weighted by Gasteiger charge is -2.22. The number of hydrogen-bond donors (Lipinski definition) is 1. The van der Waals surface area contributed by atoms with Crippen LogP contribution in [0.5, 0.6) is 0 Å². The van der Waals surface area contributed by atoms with E-state index < -0.39 is 5.97 Å². The number of aromatic nitrogens is 1. The van der Waals surface area contributed by atoms with Crippen molar-refractivity contribution in [2.24, 2.45) is 0 Å². The van der Waals surface area contributed by atoms with Gasteiger partial charge in [0.15, 0.2) is 5.43 Å². The molecule has 0 saturated heterocycles. The number of carbonyl (C=O) groups is 1. The first-order valence-corrected chi connectivity index (χ1v) is 8.80. The van der Waals surface area contributed by atoms with E-state index >= 15 is 0 Å². The minimum Gasteiger partial charge on any atom is -0.480 e. The number of carboxylic acid groups (broad SMARTS) is 1. The summed E-state index contributed by atoms with van der Waals surface area (Å²) in [6.45, 7) is -0.317. The van der Waals surface area contributed by atoms with Crippen LogP contribution in [0.25, 0.3) is 21.8 Å². The summed E-state index contributed by atoms with van der Waals surface area (Å²) < 4.78 is 2.16. The molecule has 0 aliphatic carbocycles. The Labute approximate surface area is 161 Å². The van der Waals surface area contributed by atoms with Gasteiger partial charge in [0.1, 0.15) is 6.54 Å². The van der Waals surface area contributed by atoms with Gasteiger partial charge in [0.25, 0.3) is 0 Å². The lowest BCUT2D eigenvalue weighted by Crippen LogP contribution is -2.19. The van der Waals surface area contributed by atoms with E-state index in [1.54, 1.807) is 47.8 Å². The van der Waals surface area contributed by atoms with Gasteiger partial charge in [0.2, 0.25) is 0 Å². The summed E-state index contributed by atoms with van der Waals surface area (Å²) in [6, 6.07) is 6.45. The largest absolute Gasteiger partial charge is 0.480 e. The summed E-state index contributed by atoms with van der Waals surface area (Å²) in [7, 11) is 3.58. The molecule has 0 aliphatic rings. The third-order valence-corrected chi connectivity index (χ3v) is 5.43. The second kappa shape index (κ2) is 6.52. The minimum absolute atomic E-state index is 0.221. The summed E-state index contributed by atoms with van der Waals surface area (Å²) >= 11 is 15.8. The highest BCUT2D eigenvalue weighted by Crippen LogP contribution is 2.35. The van der Waals surface area contributed by atoms with E-state index in [9.17, 15) is 14.7 Å². The number of benzene rings is 2. The fourth-order valence-corrected chi connectivity index (χ4v) is 3.76. The molecule has 3 rings (SSSR count). The number of fused-ring (bicyclic) bond motifs is 2. The van der Waals surface area contributed by atoms with Crippen LogP contribution >= 0.6 is 39.1 Å².